The summed E-state index contributed by atoms with van der Waals surface area (Å²) in [6, 6.07) is 0. The summed E-state index contributed by atoms with van der Waals surface area (Å²) < 4.78 is 4.53. The van der Waals surface area contributed by atoms with Crippen molar-refractivity contribution < 1.29 is 9.53 Å². The molecule has 1 rings (SSSR count). The van der Waals surface area contributed by atoms with Crippen LogP contribution in [-0.4, -0.2) is 12.6 Å². The molecule has 0 fully saturated rings. The van der Waals surface area contributed by atoms with Crippen LogP contribution in [0.15, 0.2) is 11.6 Å². The lowest BCUT2D eigenvalue weighted by Gasteiger charge is -1.85. The fourth-order valence-corrected chi connectivity index (χ4v) is 0.440. The Balaban J connectivity index is 0.000000291. The lowest BCUT2D eigenvalue weighted by molar-refractivity contribution is -0.135. The average molecular weight is 128 g/mol. The molecule has 0 aromatic heterocycles. The quantitative estimate of drug-likeness (QED) is 0.462. The van der Waals surface area contributed by atoms with Gasteiger partial charge in [-0.3, -0.25) is 0 Å². The van der Waals surface area contributed by atoms with Gasteiger partial charge in [0, 0.05) is 5.57 Å². The van der Waals surface area contributed by atoms with E-state index >= 15 is 0 Å². The second-order valence-electron chi connectivity index (χ2n) is 1.49. The minimum absolute atomic E-state index is 0.181. The van der Waals surface area contributed by atoms with Crippen molar-refractivity contribution in [1.82, 2.24) is 0 Å². The van der Waals surface area contributed by atoms with Gasteiger partial charge in [-0.1, -0.05) is 13.8 Å². The molecule has 0 aromatic rings. The Hall–Kier alpha value is -0.790. The van der Waals surface area contributed by atoms with Gasteiger partial charge in [-0.2, -0.15) is 0 Å². The van der Waals surface area contributed by atoms with Gasteiger partial charge < -0.3 is 4.74 Å². The molecule has 0 aromatic carbocycles. The third-order valence-electron chi connectivity index (χ3n) is 0.926. The Bertz CT molecular complexity index is 125. The molecular formula is C7H12O2. The molecule has 0 radical (unpaired) electrons. The summed E-state index contributed by atoms with van der Waals surface area (Å²) in [5.41, 5.74) is 0.722. The van der Waals surface area contributed by atoms with Gasteiger partial charge in [0.05, 0.1) is 0 Å². The standard InChI is InChI=1S/C5H6O2.C2H6/c1-4-2-3-7-5(4)6;1-2/h2H,3H2,1H3;1-2H3. The Morgan fingerprint density at radius 3 is 2.22 bits per heavy atom. The number of carbonyl (C=O) groups excluding carboxylic acids is 1. The zero-order valence-electron chi connectivity index (χ0n) is 6.10. The molecule has 0 atom stereocenters. The first-order chi connectivity index (χ1) is 4.30. The molecule has 9 heavy (non-hydrogen) atoms. The molecule has 1 aliphatic heterocycles. The SMILES string of the molecule is CC.CC1=CCOC1=O. The normalized spacial score (nSPS) is 15.4. The van der Waals surface area contributed by atoms with E-state index in [1.54, 1.807) is 13.0 Å². The largest absolute Gasteiger partial charge is 0.458 e. The molecule has 2 heteroatoms. The maximum atomic E-state index is 10.3. The Morgan fingerprint density at radius 1 is 1.56 bits per heavy atom. The van der Waals surface area contributed by atoms with Crippen molar-refractivity contribution in [1.29, 1.82) is 0 Å². The first-order valence-electron chi connectivity index (χ1n) is 3.14. The number of ether oxygens (including phenoxy) is 1. The second kappa shape index (κ2) is 4.13. The van der Waals surface area contributed by atoms with E-state index in [9.17, 15) is 4.79 Å². The van der Waals surface area contributed by atoms with Crippen LogP contribution in [-0.2, 0) is 9.53 Å². The summed E-state index contributed by atoms with van der Waals surface area (Å²) in [5.74, 6) is -0.181. The Kier molecular flexibility index (Phi) is 3.76. The lowest BCUT2D eigenvalue weighted by Crippen LogP contribution is -1.94. The number of rotatable bonds is 0. The van der Waals surface area contributed by atoms with Crippen LogP contribution >= 0.6 is 0 Å². The second-order valence-corrected chi connectivity index (χ2v) is 1.49. The fourth-order valence-electron chi connectivity index (χ4n) is 0.440. The van der Waals surface area contributed by atoms with E-state index in [0.717, 1.165) is 5.57 Å². The minimum atomic E-state index is -0.181. The molecule has 0 spiro atoms. The first-order valence-corrected chi connectivity index (χ1v) is 3.14. The molecule has 0 N–H and O–H groups in total. The maximum absolute atomic E-state index is 10.3. The smallest absolute Gasteiger partial charge is 0.333 e. The number of carbonyl (C=O) groups is 1. The third-order valence-corrected chi connectivity index (χ3v) is 0.926. The fraction of sp³-hybridized carbons (Fsp3) is 0.571. The zero-order chi connectivity index (χ0) is 7.28. The summed E-state index contributed by atoms with van der Waals surface area (Å²) in [4.78, 5) is 10.3. The van der Waals surface area contributed by atoms with Crippen LogP contribution in [0.2, 0.25) is 0 Å². The van der Waals surface area contributed by atoms with Gasteiger partial charge in [0.1, 0.15) is 6.61 Å². The van der Waals surface area contributed by atoms with Gasteiger partial charge in [-0.15, -0.1) is 0 Å². The Labute approximate surface area is 55.5 Å². The monoisotopic (exact) mass is 128 g/mol. The molecule has 0 bridgehead atoms. The van der Waals surface area contributed by atoms with Crippen LogP contribution < -0.4 is 0 Å². The topological polar surface area (TPSA) is 26.3 Å². The van der Waals surface area contributed by atoms with Crippen molar-refractivity contribution in [2.45, 2.75) is 20.8 Å². The van der Waals surface area contributed by atoms with E-state index in [1.807, 2.05) is 13.8 Å². The predicted octanol–water partition coefficient (Wildman–Crippen LogP) is 1.52. The van der Waals surface area contributed by atoms with E-state index in [4.69, 9.17) is 0 Å². The molecule has 0 unspecified atom stereocenters. The van der Waals surface area contributed by atoms with Crippen LogP contribution in [0.3, 0.4) is 0 Å². The highest BCUT2D eigenvalue weighted by molar-refractivity contribution is 5.89. The van der Waals surface area contributed by atoms with E-state index in [2.05, 4.69) is 4.74 Å². The third kappa shape index (κ3) is 2.31. The van der Waals surface area contributed by atoms with Crippen molar-refractivity contribution in [3.8, 4) is 0 Å². The number of hydrogen-bond acceptors (Lipinski definition) is 2. The number of esters is 1. The Morgan fingerprint density at radius 2 is 2.11 bits per heavy atom. The highest BCUT2D eigenvalue weighted by Gasteiger charge is 2.09. The predicted molar refractivity (Wildman–Crippen MR) is 36.1 cm³/mol. The minimum Gasteiger partial charge on any atom is -0.458 e. The van der Waals surface area contributed by atoms with Gasteiger partial charge >= 0.3 is 5.97 Å². The average Bonchev–Trinajstić information content (AvgIpc) is 2.23. The van der Waals surface area contributed by atoms with Crippen molar-refractivity contribution in [3.05, 3.63) is 11.6 Å². The molecule has 2 nitrogen and oxygen atoms in total. The van der Waals surface area contributed by atoms with Crippen molar-refractivity contribution in [2.24, 2.45) is 0 Å². The highest BCUT2D eigenvalue weighted by atomic mass is 16.5. The number of cyclic esters (lactones) is 1. The molecule has 0 amide bonds. The van der Waals surface area contributed by atoms with Crippen LogP contribution in [0.1, 0.15) is 20.8 Å². The summed E-state index contributed by atoms with van der Waals surface area (Å²) in [6.45, 7) is 6.21. The molecule has 0 aliphatic carbocycles. The van der Waals surface area contributed by atoms with E-state index in [0.29, 0.717) is 6.61 Å². The highest BCUT2D eigenvalue weighted by Crippen LogP contribution is 2.02. The van der Waals surface area contributed by atoms with Crippen LogP contribution in [0, 0.1) is 0 Å². The molecule has 52 valence electrons. The summed E-state index contributed by atoms with van der Waals surface area (Å²) in [7, 11) is 0. The van der Waals surface area contributed by atoms with Crippen LogP contribution in [0.4, 0.5) is 0 Å². The van der Waals surface area contributed by atoms with Crippen molar-refractivity contribution in [3.63, 3.8) is 0 Å². The van der Waals surface area contributed by atoms with E-state index < -0.39 is 0 Å². The van der Waals surface area contributed by atoms with E-state index in [-0.39, 0.29) is 5.97 Å². The molecular weight excluding hydrogens is 116 g/mol. The molecule has 0 saturated heterocycles. The van der Waals surface area contributed by atoms with Gasteiger partial charge in [0.25, 0.3) is 0 Å². The van der Waals surface area contributed by atoms with E-state index in [1.165, 1.54) is 0 Å². The zero-order valence-corrected chi connectivity index (χ0v) is 6.10. The van der Waals surface area contributed by atoms with Gasteiger partial charge in [0.15, 0.2) is 0 Å². The van der Waals surface area contributed by atoms with Gasteiger partial charge in [-0.25, -0.2) is 4.79 Å². The van der Waals surface area contributed by atoms with Gasteiger partial charge in [0.2, 0.25) is 0 Å². The summed E-state index contributed by atoms with van der Waals surface area (Å²) in [5, 5.41) is 0. The summed E-state index contributed by atoms with van der Waals surface area (Å²) >= 11 is 0. The van der Waals surface area contributed by atoms with Crippen LogP contribution in [0.5, 0.6) is 0 Å². The number of hydrogen-bond donors (Lipinski definition) is 0. The first kappa shape index (κ1) is 8.21. The van der Waals surface area contributed by atoms with Gasteiger partial charge in [-0.05, 0) is 13.0 Å². The molecule has 1 heterocycles. The van der Waals surface area contributed by atoms with Crippen molar-refractivity contribution in [2.75, 3.05) is 6.61 Å². The molecule has 1 aliphatic rings. The molecule has 0 saturated carbocycles. The summed E-state index contributed by atoms with van der Waals surface area (Å²) in [6.07, 6.45) is 1.77. The lowest BCUT2D eigenvalue weighted by atomic mass is 10.3. The van der Waals surface area contributed by atoms with Crippen LogP contribution in [0.25, 0.3) is 0 Å². The van der Waals surface area contributed by atoms with Crippen molar-refractivity contribution >= 4 is 5.97 Å². The maximum Gasteiger partial charge on any atom is 0.333 e.